The number of H-pyrrole nitrogens is 1. The van der Waals surface area contributed by atoms with Crippen LogP contribution in [0.25, 0.3) is 0 Å². The van der Waals surface area contributed by atoms with Gasteiger partial charge in [0.1, 0.15) is 17.3 Å². The molecule has 0 fully saturated rings. The molecule has 7 heteroatoms. The van der Waals surface area contributed by atoms with Crippen molar-refractivity contribution < 1.29 is 23.5 Å². The molecular weight excluding hydrogens is 324 g/mol. The van der Waals surface area contributed by atoms with Crippen LogP contribution in [-0.2, 0) is 0 Å². The quantitative estimate of drug-likeness (QED) is 0.850. The normalized spacial score (nSPS) is 10.5. The Morgan fingerprint density at radius 1 is 1.16 bits per heavy atom. The largest absolute Gasteiger partial charge is 0.477 e. The van der Waals surface area contributed by atoms with Crippen LogP contribution < -0.4 is 0 Å². The minimum atomic E-state index is -1.27. The lowest BCUT2D eigenvalue weighted by molar-refractivity contribution is 0.0691. The molecule has 0 saturated carbocycles. The molecule has 0 aliphatic carbocycles. The molecule has 19 heavy (non-hydrogen) atoms. The molecule has 2 N–H and O–H groups in total. The van der Waals surface area contributed by atoms with Crippen LogP contribution in [0.2, 0.25) is 0 Å². The fourth-order valence-electron chi connectivity index (χ4n) is 1.55. The Balaban J connectivity index is 2.47. The number of benzene rings is 1. The van der Waals surface area contributed by atoms with E-state index < -0.39 is 29.0 Å². The van der Waals surface area contributed by atoms with Gasteiger partial charge in [-0.1, -0.05) is 15.9 Å². The van der Waals surface area contributed by atoms with Gasteiger partial charge in [-0.05, 0) is 18.2 Å². The molecule has 2 rings (SSSR count). The molecule has 0 aliphatic rings. The second-order valence-electron chi connectivity index (χ2n) is 3.68. The number of hydrogen-bond donors (Lipinski definition) is 2. The van der Waals surface area contributed by atoms with Crippen molar-refractivity contribution in [3.8, 4) is 0 Å². The lowest BCUT2D eigenvalue weighted by atomic mass is 10.0. The van der Waals surface area contributed by atoms with Crippen LogP contribution in [0.1, 0.15) is 26.4 Å². The topological polar surface area (TPSA) is 70.2 Å². The van der Waals surface area contributed by atoms with E-state index in [1.54, 1.807) is 0 Å². The summed E-state index contributed by atoms with van der Waals surface area (Å²) in [5, 5.41) is 8.70. The minimum absolute atomic E-state index is 0.127. The van der Waals surface area contributed by atoms with Gasteiger partial charge in [-0.2, -0.15) is 0 Å². The van der Waals surface area contributed by atoms with Gasteiger partial charge in [0, 0.05) is 16.2 Å². The number of aromatic nitrogens is 1. The molecule has 0 radical (unpaired) electrons. The third kappa shape index (κ3) is 2.55. The molecule has 1 heterocycles. The number of aromatic carboxylic acids is 1. The molecular formula is C12H6BrF2NO3. The Bertz CT molecular complexity index is 658. The summed E-state index contributed by atoms with van der Waals surface area (Å²) in [5.41, 5.74) is -1.09. The number of aromatic amines is 1. The second kappa shape index (κ2) is 4.93. The van der Waals surface area contributed by atoms with E-state index in [1.165, 1.54) is 0 Å². The molecule has 1 aromatic carbocycles. The van der Waals surface area contributed by atoms with Crippen molar-refractivity contribution in [2.75, 3.05) is 0 Å². The lowest BCUT2D eigenvalue weighted by Crippen LogP contribution is -2.07. The first-order valence-electron chi connectivity index (χ1n) is 5.01. The van der Waals surface area contributed by atoms with E-state index in [1.807, 2.05) is 0 Å². The summed E-state index contributed by atoms with van der Waals surface area (Å²) in [6, 6.07) is 2.94. The molecule has 0 atom stereocenters. The van der Waals surface area contributed by atoms with Crippen molar-refractivity contribution in [1.29, 1.82) is 0 Å². The number of nitrogens with one attached hydrogen (secondary N) is 1. The highest BCUT2D eigenvalue weighted by atomic mass is 79.9. The van der Waals surface area contributed by atoms with Gasteiger partial charge in [0.05, 0.1) is 5.56 Å². The van der Waals surface area contributed by atoms with Crippen molar-refractivity contribution in [3.63, 3.8) is 0 Å². The molecule has 0 aliphatic heterocycles. The Hall–Kier alpha value is -2.02. The summed E-state index contributed by atoms with van der Waals surface area (Å²) in [4.78, 5) is 24.9. The smallest absolute Gasteiger partial charge is 0.352 e. The summed E-state index contributed by atoms with van der Waals surface area (Å²) < 4.78 is 27.4. The molecule has 1 aromatic heterocycles. The number of carboxylic acid groups (broad SMARTS) is 1. The third-order valence-corrected chi connectivity index (χ3v) is 2.87. The van der Waals surface area contributed by atoms with Gasteiger partial charge in [0.15, 0.2) is 5.78 Å². The predicted molar refractivity (Wildman–Crippen MR) is 65.2 cm³/mol. The number of carbonyl (C=O) groups excluding carboxylic acids is 1. The first kappa shape index (κ1) is 13.4. The van der Waals surface area contributed by atoms with Gasteiger partial charge in [-0.3, -0.25) is 4.79 Å². The number of ketones is 1. The molecule has 2 aromatic rings. The van der Waals surface area contributed by atoms with Gasteiger partial charge in [0.25, 0.3) is 0 Å². The van der Waals surface area contributed by atoms with Gasteiger partial charge in [-0.25, -0.2) is 13.6 Å². The van der Waals surface area contributed by atoms with Crippen molar-refractivity contribution >= 4 is 27.7 Å². The van der Waals surface area contributed by atoms with Crippen molar-refractivity contribution in [2.45, 2.75) is 0 Å². The van der Waals surface area contributed by atoms with Crippen LogP contribution in [-0.4, -0.2) is 21.8 Å². The summed E-state index contributed by atoms with van der Waals surface area (Å²) in [6.07, 6.45) is 1.09. The summed E-state index contributed by atoms with van der Waals surface area (Å²) in [7, 11) is 0. The average molecular weight is 330 g/mol. The third-order valence-electron chi connectivity index (χ3n) is 2.41. The van der Waals surface area contributed by atoms with E-state index in [-0.39, 0.29) is 15.7 Å². The number of carboxylic acids is 1. The first-order valence-corrected chi connectivity index (χ1v) is 5.80. The molecule has 0 saturated heterocycles. The van der Waals surface area contributed by atoms with Crippen LogP contribution >= 0.6 is 15.9 Å². The number of halogens is 3. The zero-order valence-corrected chi connectivity index (χ0v) is 10.8. The highest BCUT2D eigenvalue weighted by Crippen LogP contribution is 2.22. The van der Waals surface area contributed by atoms with E-state index in [9.17, 15) is 18.4 Å². The van der Waals surface area contributed by atoms with E-state index in [4.69, 9.17) is 5.11 Å². The van der Waals surface area contributed by atoms with Crippen molar-refractivity contribution in [2.24, 2.45) is 0 Å². The maximum absolute atomic E-state index is 13.6. The van der Waals surface area contributed by atoms with Gasteiger partial charge < -0.3 is 10.1 Å². The highest BCUT2D eigenvalue weighted by Gasteiger charge is 2.21. The van der Waals surface area contributed by atoms with Gasteiger partial charge >= 0.3 is 5.97 Å². The Kier molecular flexibility index (Phi) is 3.48. The van der Waals surface area contributed by atoms with Gasteiger partial charge in [-0.15, -0.1) is 0 Å². The van der Waals surface area contributed by atoms with E-state index in [0.717, 1.165) is 24.4 Å². The molecule has 0 unspecified atom stereocenters. The van der Waals surface area contributed by atoms with Crippen molar-refractivity contribution in [1.82, 2.24) is 4.98 Å². The van der Waals surface area contributed by atoms with Crippen LogP contribution in [0.5, 0.6) is 0 Å². The summed E-state index contributed by atoms with van der Waals surface area (Å²) >= 11 is 2.90. The Labute approximate surface area is 114 Å². The molecule has 0 spiro atoms. The molecule has 0 amide bonds. The zero-order chi connectivity index (χ0) is 14.2. The van der Waals surface area contributed by atoms with E-state index in [0.29, 0.717) is 0 Å². The Morgan fingerprint density at radius 3 is 2.21 bits per heavy atom. The lowest BCUT2D eigenvalue weighted by Gasteiger charge is -2.03. The van der Waals surface area contributed by atoms with Crippen LogP contribution in [0.4, 0.5) is 8.78 Å². The maximum atomic E-state index is 13.6. The monoisotopic (exact) mass is 329 g/mol. The first-order chi connectivity index (χ1) is 8.90. The second-order valence-corrected chi connectivity index (χ2v) is 4.60. The maximum Gasteiger partial charge on any atom is 0.352 e. The predicted octanol–water partition coefficient (Wildman–Crippen LogP) is 2.98. The van der Waals surface area contributed by atoms with E-state index >= 15 is 0 Å². The van der Waals surface area contributed by atoms with Crippen LogP contribution in [0.3, 0.4) is 0 Å². The summed E-state index contributed by atoms with van der Waals surface area (Å²) in [5.74, 6) is -4.23. The number of hydrogen-bond acceptors (Lipinski definition) is 2. The highest BCUT2D eigenvalue weighted by molar-refractivity contribution is 9.10. The van der Waals surface area contributed by atoms with E-state index in [2.05, 4.69) is 20.9 Å². The van der Waals surface area contributed by atoms with Crippen molar-refractivity contribution in [3.05, 3.63) is 57.3 Å². The summed E-state index contributed by atoms with van der Waals surface area (Å²) in [6.45, 7) is 0. The average Bonchev–Trinajstić information content (AvgIpc) is 2.76. The Morgan fingerprint density at radius 2 is 1.74 bits per heavy atom. The van der Waals surface area contributed by atoms with Crippen LogP contribution in [0, 0.1) is 11.6 Å². The number of carbonyl (C=O) groups is 2. The van der Waals surface area contributed by atoms with Gasteiger partial charge in [0.2, 0.25) is 0 Å². The number of rotatable bonds is 3. The minimum Gasteiger partial charge on any atom is -0.477 e. The standard InChI is InChI=1S/C12H6BrF2NO3/c13-6-2-7(14)10(8(15)3-6)11(17)5-1-9(12(18)19)16-4-5/h1-4,16H,(H,18,19). The fraction of sp³-hybridized carbons (Fsp3) is 0. The zero-order valence-electron chi connectivity index (χ0n) is 9.21. The van der Waals surface area contributed by atoms with Crippen LogP contribution in [0.15, 0.2) is 28.9 Å². The molecule has 0 bridgehead atoms. The molecule has 98 valence electrons. The SMILES string of the molecule is O=C(O)c1cc(C(=O)c2c(F)cc(Br)cc2F)c[nH]1. The molecule has 4 nitrogen and oxygen atoms in total. The fourth-order valence-corrected chi connectivity index (χ4v) is 1.95.